The Hall–Kier alpha value is -2.91. The first-order chi connectivity index (χ1) is 15.2. The SMILES string of the molecule is COC(=O)[C@H](Cc1ccc(O)cc1)NC(=O)C1CCN(S(=O)(=O)c2ccc(C)cc2)CC1. The number of phenolic OH excluding ortho intramolecular Hbond substituents is 1. The van der Waals surface area contributed by atoms with Crippen molar-refractivity contribution in [3.8, 4) is 5.75 Å². The molecule has 0 unspecified atom stereocenters. The van der Waals surface area contributed by atoms with Crippen molar-refractivity contribution in [3.05, 3.63) is 59.7 Å². The minimum atomic E-state index is -3.61. The van der Waals surface area contributed by atoms with Gasteiger partial charge in [0.1, 0.15) is 11.8 Å². The zero-order valence-electron chi connectivity index (χ0n) is 18.2. The first kappa shape index (κ1) is 23.7. The van der Waals surface area contributed by atoms with E-state index in [4.69, 9.17) is 4.74 Å². The number of aromatic hydroxyl groups is 1. The number of nitrogens with one attached hydrogen (secondary N) is 1. The minimum Gasteiger partial charge on any atom is -0.508 e. The Morgan fingerprint density at radius 3 is 2.25 bits per heavy atom. The highest BCUT2D eigenvalue weighted by molar-refractivity contribution is 7.89. The summed E-state index contributed by atoms with van der Waals surface area (Å²) in [5.74, 6) is -1.15. The van der Waals surface area contributed by atoms with Crippen LogP contribution >= 0.6 is 0 Å². The van der Waals surface area contributed by atoms with Gasteiger partial charge in [-0.2, -0.15) is 4.31 Å². The van der Waals surface area contributed by atoms with Crippen molar-refractivity contribution in [2.24, 2.45) is 5.92 Å². The molecule has 0 bridgehead atoms. The van der Waals surface area contributed by atoms with Crippen LogP contribution in [0.2, 0.25) is 0 Å². The van der Waals surface area contributed by atoms with E-state index >= 15 is 0 Å². The van der Waals surface area contributed by atoms with Crippen molar-refractivity contribution in [3.63, 3.8) is 0 Å². The summed E-state index contributed by atoms with van der Waals surface area (Å²) in [5.41, 5.74) is 1.74. The van der Waals surface area contributed by atoms with Crippen LogP contribution in [-0.4, -0.2) is 55.9 Å². The molecule has 1 fully saturated rings. The Morgan fingerprint density at radius 2 is 1.69 bits per heavy atom. The lowest BCUT2D eigenvalue weighted by atomic mass is 9.96. The van der Waals surface area contributed by atoms with Crippen LogP contribution in [0.25, 0.3) is 0 Å². The number of amides is 1. The van der Waals surface area contributed by atoms with Crippen LogP contribution in [0.5, 0.6) is 5.75 Å². The van der Waals surface area contributed by atoms with Crippen molar-refractivity contribution >= 4 is 21.9 Å². The quantitative estimate of drug-likeness (QED) is 0.611. The van der Waals surface area contributed by atoms with E-state index in [1.807, 2.05) is 6.92 Å². The summed E-state index contributed by atoms with van der Waals surface area (Å²) in [4.78, 5) is 25.2. The summed E-state index contributed by atoms with van der Waals surface area (Å²) in [6, 6.07) is 12.2. The molecule has 9 heteroatoms. The molecule has 8 nitrogen and oxygen atoms in total. The fraction of sp³-hybridized carbons (Fsp3) is 0.391. The van der Waals surface area contributed by atoms with Gasteiger partial charge in [0.2, 0.25) is 15.9 Å². The first-order valence-corrected chi connectivity index (χ1v) is 11.9. The number of nitrogens with zero attached hydrogens (tertiary/aromatic N) is 1. The number of ether oxygens (including phenoxy) is 1. The van der Waals surface area contributed by atoms with Crippen LogP contribution in [0.1, 0.15) is 24.0 Å². The van der Waals surface area contributed by atoms with Crippen LogP contribution in [0.15, 0.2) is 53.4 Å². The Morgan fingerprint density at radius 1 is 1.09 bits per heavy atom. The molecule has 1 amide bonds. The Kier molecular flexibility index (Phi) is 7.52. The molecule has 2 aromatic rings. The van der Waals surface area contributed by atoms with Gasteiger partial charge in [0, 0.05) is 25.4 Å². The van der Waals surface area contributed by atoms with E-state index in [-0.39, 0.29) is 36.1 Å². The summed E-state index contributed by atoms with van der Waals surface area (Å²) in [6.07, 6.45) is 0.952. The molecule has 0 radical (unpaired) electrons. The number of hydrogen-bond acceptors (Lipinski definition) is 6. The standard InChI is InChI=1S/C23H28N2O6S/c1-16-3-9-20(10-4-16)32(29,30)25-13-11-18(12-14-25)22(27)24-21(23(28)31-2)15-17-5-7-19(26)8-6-17/h3-10,18,21,26H,11-15H2,1-2H3,(H,24,27)/t21-/m0/s1. The molecule has 0 spiro atoms. The molecule has 1 heterocycles. The van der Waals surface area contributed by atoms with Gasteiger partial charge in [0.15, 0.2) is 0 Å². The van der Waals surface area contributed by atoms with Gasteiger partial charge in [-0.3, -0.25) is 4.79 Å². The van der Waals surface area contributed by atoms with Gasteiger partial charge < -0.3 is 15.2 Å². The highest BCUT2D eigenvalue weighted by Crippen LogP contribution is 2.24. The topological polar surface area (TPSA) is 113 Å². The fourth-order valence-electron chi connectivity index (χ4n) is 3.71. The molecular weight excluding hydrogens is 432 g/mol. The summed E-state index contributed by atoms with van der Waals surface area (Å²) in [5, 5.41) is 12.2. The number of esters is 1. The molecule has 172 valence electrons. The summed E-state index contributed by atoms with van der Waals surface area (Å²) >= 11 is 0. The van der Waals surface area contributed by atoms with Gasteiger partial charge in [-0.05, 0) is 49.6 Å². The van der Waals surface area contributed by atoms with Crippen molar-refractivity contribution in [1.82, 2.24) is 9.62 Å². The van der Waals surface area contributed by atoms with Crippen molar-refractivity contribution in [1.29, 1.82) is 0 Å². The Balaban J connectivity index is 1.61. The van der Waals surface area contributed by atoms with Gasteiger partial charge in [-0.1, -0.05) is 29.8 Å². The number of benzene rings is 2. The van der Waals surface area contributed by atoms with E-state index in [2.05, 4.69) is 5.32 Å². The summed E-state index contributed by atoms with van der Waals surface area (Å²) in [7, 11) is -2.35. The molecule has 1 atom stereocenters. The molecule has 1 aliphatic heterocycles. The number of carbonyl (C=O) groups excluding carboxylic acids is 2. The largest absolute Gasteiger partial charge is 0.508 e. The number of rotatable bonds is 7. The smallest absolute Gasteiger partial charge is 0.328 e. The lowest BCUT2D eigenvalue weighted by molar-refractivity contribution is -0.145. The van der Waals surface area contributed by atoms with Gasteiger partial charge in [-0.15, -0.1) is 0 Å². The molecule has 3 rings (SSSR count). The maximum Gasteiger partial charge on any atom is 0.328 e. The van der Waals surface area contributed by atoms with Gasteiger partial charge in [0.05, 0.1) is 12.0 Å². The third kappa shape index (κ3) is 5.66. The summed E-state index contributed by atoms with van der Waals surface area (Å²) in [6.45, 7) is 2.36. The van der Waals surface area contributed by atoms with Gasteiger partial charge >= 0.3 is 5.97 Å². The normalized spacial score (nSPS) is 16.3. The molecule has 0 aromatic heterocycles. The van der Waals surface area contributed by atoms with Crippen LogP contribution in [0.3, 0.4) is 0 Å². The molecule has 2 aromatic carbocycles. The lowest BCUT2D eigenvalue weighted by Gasteiger charge is -2.31. The van der Waals surface area contributed by atoms with Gasteiger partial charge in [0.25, 0.3) is 0 Å². The van der Waals surface area contributed by atoms with Gasteiger partial charge in [-0.25, -0.2) is 13.2 Å². The van der Waals surface area contributed by atoms with Crippen LogP contribution < -0.4 is 5.32 Å². The lowest BCUT2D eigenvalue weighted by Crippen LogP contribution is -2.48. The maximum atomic E-state index is 12.9. The molecular formula is C23H28N2O6S. The Labute approximate surface area is 188 Å². The minimum absolute atomic E-state index is 0.111. The predicted molar refractivity (Wildman–Crippen MR) is 118 cm³/mol. The number of methoxy groups -OCH3 is 1. The van der Waals surface area contributed by atoms with E-state index in [1.54, 1.807) is 36.4 Å². The number of sulfonamides is 1. The molecule has 0 aliphatic carbocycles. The summed E-state index contributed by atoms with van der Waals surface area (Å²) < 4.78 is 31.9. The average molecular weight is 461 g/mol. The van der Waals surface area contributed by atoms with Crippen molar-refractivity contribution in [2.75, 3.05) is 20.2 Å². The third-order valence-corrected chi connectivity index (χ3v) is 7.57. The zero-order chi connectivity index (χ0) is 23.3. The molecule has 1 saturated heterocycles. The predicted octanol–water partition coefficient (Wildman–Crippen LogP) is 2.00. The monoisotopic (exact) mass is 460 g/mol. The second kappa shape index (κ2) is 10.1. The van der Waals surface area contributed by atoms with E-state index in [9.17, 15) is 23.1 Å². The van der Waals surface area contributed by atoms with E-state index in [1.165, 1.54) is 23.5 Å². The molecule has 0 saturated carbocycles. The Bertz CT molecular complexity index is 1040. The van der Waals surface area contributed by atoms with E-state index < -0.39 is 28.0 Å². The van der Waals surface area contributed by atoms with E-state index in [0.717, 1.165) is 11.1 Å². The number of phenols is 1. The second-order valence-corrected chi connectivity index (χ2v) is 9.88. The molecule has 1 aliphatic rings. The van der Waals surface area contributed by atoms with E-state index in [0.29, 0.717) is 12.8 Å². The number of hydrogen-bond donors (Lipinski definition) is 2. The van der Waals surface area contributed by atoms with Crippen molar-refractivity contribution in [2.45, 2.75) is 37.1 Å². The van der Waals surface area contributed by atoms with Crippen molar-refractivity contribution < 1.29 is 27.9 Å². The fourth-order valence-corrected chi connectivity index (χ4v) is 5.18. The number of aryl methyl sites for hydroxylation is 1. The van der Waals surface area contributed by atoms with Crippen LogP contribution in [-0.2, 0) is 30.8 Å². The highest BCUT2D eigenvalue weighted by atomic mass is 32.2. The number of piperidine rings is 1. The van der Waals surface area contributed by atoms with Crippen LogP contribution in [0.4, 0.5) is 0 Å². The average Bonchev–Trinajstić information content (AvgIpc) is 2.79. The molecule has 32 heavy (non-hydrogen) atoms. The number of carbonyl (C=O) groups is 2. The highest BCUT2D eigenvalue weighted by Gasteiger charge is 2.33. The first-order valence-electron chi connectivity index (χ1n) is 10.4. The second-order valence-electron chi connectivity index (χ2n) is 7.95. The maximum absolute atomic E-state index is 12.9. The zero-order valence-corrected chi connectivity index (χ0v) is 19.0. The third-order valence-electron chi connectivity index (χ3n) is 5.66. The van der Waals surface area contributed by atoms with Crippen LogP contribution in [0, 0.1) is 12.8 Å². The molecule has 2 N–H and O–H groups in total.